The van der Waals surface area contributed by atoms with Crippen LogP contribution in [0.3, 0.4) is 0 Å². The largest absolute Gasteiger partial charge is 0.306 e. The number of nitrogens with one attached hydrogen (secondary N) is 1. The molecule has 1 amide bonds. The zero-order chi connectivity index (χ0) is 12.3. The van der Waals surface area contributed by atoms with Gasteiger partial charge in [-0.1, -0.05) is 6.07 Å². The van der Waals surface area contributed by atoms with Crippen LogP contribution in [0.15, 0.2) is 36.5 Å². The molecule has 0 saturated carbocycles. The fourth-order valence-corrected chi connectivity index (χ4v) is 1.21. The molecule has 1 N–H and O–H groups in total. The first-order chi connectivity index (χ1) is 8.15. The van der Waals surface area contributed by atoms with E-state index < -0.39 is 17.8 Å². The molecule has 4 nitrogen and oxygen atoms in total. The summed E-state index contributed by atoms with van der Waals surface area (Å²) in [5.41, 5.74) is 0.0866. The third-order valence-electron chi connectivity index (χ3n) is 1.95. The normalized spacial score (nSPS) is 10.0. The summed E-state index contributed by atoms with van der Waals surface area (Å²) in [6.45, 7) is 0. The Hall–Kier alpha value is -2.37. The van der Waals surface area contributed by atoms with Crippen molar-refractivity contribution in [3.05, 3.63) is 54.0 Å². The van der Waals surface area contributed by atoms with Crippen molar-refractivity contribution in [1.82, 2.24) is 9.97 Å². The molecule has 2 rings (SSSR count). The molecule has 0 aliphatic heterocycles. The van der Waals surface area contributed by atoms with Crippen LogP contribution in [0.4, 0.5) is 14.6 Å². The van der Waals surface area contributed by atoms with Gasteiger partial charge in [-0.25, -0.2) is 9.97 Å². The second-order valence-electron chi connectivity index (χ2n) is 3.17. The smallest absolute Gasteiger partial charge is 0.257 e. The van der Waals surface area contributed by atoms with Gasteiger partial charge >= 0.3 is 0 Å². The Balaban J connectivity index is 2.17. The van der Waals surface area contributed by atoms with Crippen molar-refractivity contribution < 1.29 is 13.6 Å². The molecule has 2 aromatic rings. The minimum Gasteiger partial charge on any atom is -0.306 e. The number of pyridine rings is 2. The van der Waals surface area contributed by atoms with Gasteiger partial charge in [-0.2, -0.15) is 8.78 Å². The average Bonchev–Trinajstić information content (AvgIpc) is 2.29. The lowest BCUT2D eigenvalue weighted by Crippen LogP contribution is -2.13. The summed E-state index contributed by atoms with van der Waals surface area (Å²) in [7, 11) is 0. The van der Waals surface area contributed by atoms with Crippen molar-refractivity contribution in [2.75, 3.05) is 5.32 Å². The van der Waals surface area contributed by atoms with Crippen LogP contribution >= 0.6 is 0 Å². The van der Waals surface area contributed by atoms with Gasteiger partial charge in [0.2, 0.25) is 11.9 Å². The number of hydrogen-bond donors (Lipinski definition) is 1. The third kappa shape index (κ3) is 2.81. The third-order valence-corrected chi connectivity index (χ3v) is 1.95. The summed E-state index contributed by atoms with van der Waals surface area (Å²) in [6.07, 6.45) is 1.17. The number of aromatic nitrogens is 2. The molecule has 86 valence electrons. The Morgan fingerprint density at radius 3 is 2.71 bits per heavy atom. The van der Waals surface area contributed by atoms with Gasteiger partial charge < -0.3 is 5.32 Å². The highest BCUT2D eigenvalue weighted by molar-refractivity contribution is 6.03. The molecule has 0 unspecified atom stereocenters. The van der Waals surface area contributed by atoms with Gasteiger partial charge in [0, 0.05) is 17.8 Å². The molecule has 2 heterocycles. The number of rotatable bonds is 2. The van der Waals surface area contributed by atoms with Gasteiger partial charge in [0.1, 0.15) is 5.82 Å². The van der Waals surface area contributed by atoms with E-state index in [2.05, 4.69) is 15.3 Å². The van der Waals surface area contributed by atoms with Gasteiger partial charge in [-0.05, 0) is 18.2 Å². The molecule has 0 bridgehead atoms. The number of hydrogen-bond acceptors (Lipinski definition) is 3. The van der Waals surface area contributed by atoms with Crippen molar-refractivity contribution in [2.24, 2.45) is 0 Å². The molecule has 0 aromatic carbocycles. The van der Waals surface area contributed by atoms with E-state index in [4.69, 9.17) is 0 Å². The van der Waals surface area contributed by atoms with Gasteiger partial charge in [0.15, 0.2) is 0 Å². The Morgan fingerprint density at radius 2 is 2.00 bits per heavy atom. The van der Waals surface area contributed by atoms with E-state index in [9.17, 15) is 13.6 Å². The lowest BCUT2D eigenvalue weighted by molar-refractivity contribution is 0.102. The number of anilines is 1. The fourth-order valence-electron chi connectivity index (χ4n) is 1.21. The Kier molecular flexibility index (Phi) is 3.04. The fraction of sp³-hybridized carbons (Fsp3) is 0. The Bertz CT molecular complexity index is 560. The Morgan fingerprint density at radius 1 is 1.18 bits per heavy atom. The number of halogens is 2. The monoisotopic (exact) mass is 235 g/mol. The predicted molar refractivity (Wildman–Crippen MR) is 56.3 cm³/mol. The van der Waals surface area contributed by atoms with E-state index in [0.29, 0.717) is 0 Å². The maximum Gasteiger partial charge on any atom is 0.257 e. The van der Waals surface area contributed by atoms with Gasteiger partial charge in [0.25, 0.3) is 5.91 Å². The van der Waals surface area contributed by atoms with Crippen LogP contribution in [0.1, 0.15) is 10.4 Å². The van der Waals surface area contributed by atoms with Crippen LogP contribution in [-0.2, 0) is 0 Å². The van der Waals surface area contributed by atoms with Crippen LogP contribution in [-0.4, -0.2) is 15.9 Å². The van der Waals surface area contributed by atoms with Crippen molar-refractivity contribution in [1.29, 1.82) is 0 Å². The van der Waals surface area contributed by atoms with Gasteiger partial charge in [-0.3, -0.25) is 4.79 Å². The standard InChI is InChI=1S/C11H7F2N3O/c12-8-2-1-3-10(15-8)16-11(17)7-4-5-14-9(13)6-7/h1-6H,(H,15,16,17). The molecule has 0 saturated heterocycles. The molecule has 0 atom stereocenters. The van der Waals surface area contributed by atoms with Crippen LogP contribution in [0.5, 0.6) is 0 Å². The second kappa shape index (κ2) is 4.65. The first-order valence-corrected chi connectivity index (χ1v) is 4.70. The quantitative estimate of drug-likeness (QED) is 0.810. The topological polar surface area (TPSA) is 54.9 Å². The highest BCUT2D eigenvalue weighted by Gasteiger charge is 2.08. The van der Waals surface area contributed by atoms with Crippen molar-refractivity contribution in [2.45, 2.75) is 0 Å². The molecule has 17 heavy (non-hydrogen) atoms. The van der Waals surface area contributed by atoms with E-state index in [1.165, 1.54) is 24.4 Å². The summed E-state index contributed by atoms with van der Waals surface area (Å²) in [5, 5.41) is 2.34. The van der Waals surface area contributed by atoms with Crippen LogP contribution < -0.4 is 5.32 Å². The van der Waals surface area contributed by atoms with E-state index in [1.807, 2.05) is 0 Å². The molecule has 6 heteroatoms. The number of carbonyl (C=O) groups excluding carboxylic acids is 1. The van der Waals surface area contributed by atoms with E-state index in [0.717, 1.165) is 12.1 Å². The average molecular weight is 235 g/mol. The zero-order valence-electron chi connectivity index (χ0n) is 8.52. The van der Waals surface area contributed by atoms with E-state index in [1.54, 1.807) is 0 Å². The summed E-state index contributed by atoms with van der Waals surface area (Å²) < 4.78 is 25.5. The van der Waals surface area contributed by atoms with Crippen molar-refractivity contribution in [3.8, 4) is 0 Å². The van der Waals surface area contributed by atoms with Crippen molar-refractivity contribution in [3.63, 3.8) is 0 Å². The highest BCUT2D eigenvalue weighted by Crippen LogP contribution is 2.07. The highest BCUT2D eigenvalue weighted by atomic mass is 19.1. The minimum atomic E-state index is -0.759. The zero-order valence-corrected chi connectivity index (χ0v) is 8.52. The molecule has 0 radical (unpaired) electrons. The summed E-state index contributed by atoms with van der Waals surface area (Å²) in [4.78, 5) is 18.4. The predicted octanol–water partition coefficient (Wildman–Crippen LogP) is 2.01. The van der Waals surface area contributed by atoms with E-state index in [-0.39, 0.29) is 11.4 Å². The van der Waals surface area contributed by atoms with E-state index >= 15 is 0 Å². The summed E-state index contributed by atoms with van der Waals surface area (Å²) in [6, 6.07) is 6.32. The number of carbonyl (C=O) groups is 1. The minimum absolute atomic E-state index is 0.0622. The second-order valence-corrected chi connectivity index (χ2v) is 3.17. The molecule has 0 spiro atoms. The van der Waals surface area contributed by atoms with Crippen LogP contribution in [0.2, 0.25) is 0 Å². The lowest BCUT2D eigenvalue weighted by Gasteiger charge is -2.03. The van der Waals surface area contributed by atoms with Crippen LogP contribution in [0.25, 0.3) is 0 Å². The molecule has 0 aliphatic rings. The summed E-state index contributed by atoms with van der Waals surface area (Å²) in [5.74, 6) is -1.98. The Labute approximate surface area is 95.3 Å². The molecular formula is C11H7F2N3O. The van der Waals surface area contributed by atoms with Crippen LogP contribution in [0, 0.1) is 11.9 Å². The van der Waals surface area contributed by atoms with Crippen molar-refractivity contribution >= 4 is 11.7 Å². The summed E-state index contributed by atoms with van der Waals surface area (Å²) >= 11 is 0. The number of nitrogens with zero attached hydrogens (tertiary/aromatic N) is 2. The number of amides is 1. The molecule has 0 fully saturated rings. The first kappa shape index (κ1) is 11.1. The van der Waals surface area contributed by atoms with Gasteiger partial charge in [0.05, 0.1) is 0 Å². The molecule has 2 aromatic heterocycles. The SMILES string of the molecule is O=C(Nc1cccc(F)n1)c1ccnc(F)c1. The van der Waals surface area contributed by atoms with Gasteiger partial charge in [-0.15, -0.1) is 0 Å². The first-order valence-electron chi connectivity index (χ1n) is 4.70. The lowest BCUT2D eigenvalue weighted by atomic mass is 10.2. The molecular weight excluding hydrogens is 228 g/mol. The maximum atomic E-state index is 12.8. The maximum absolute atomic E-state index is 12.8. The molecule has 0 aliphatic carbocycles.